The Morgan fingerprint density at radius 2 is 1.75 bits per heavy atom. The zero-order valence-electron chi connectivity index (χ0n) is 30.0. The average molecular weight is 720 g/mol. The van der Waals surface area contributed by atoms with Crippen LogP contribution in [0.3, 0.4) is 0 Å². The van der Waals surface area contributed by atoms with Gasteiger partial charge >= 0.3 is 0 Å². The number of nitriles is 1. The van der Waals surface area contributed by atoms with Gasteiger partial charge in [0, 0.05) is 40.8 Å². The Hall–Kier alpha value is -4.85. The molecule has 0 saturated carbocycles. The van der Waals surface area contributed by atoms with Crippen LogP contribution in [0.1, 0.15) is 72.5 Å². The molecule has 1 aliphatic carbocycles. The van der Waals surface area contributed by atoms with E-state index in [9.17, 15) is 19.6 Å². The van der Waals surface area contributed by atoms with E-state index < -0.39 is 17.1 Å². The van der Waals surface area contributed by atoms with E-state index in [1.807, 2.05) is 74.4 Å². The van der Waals surface area contributed by atoms with Crippen molar-refractivity contribution in [2.24, 2.45) is 11.3 Å². The number of rotatable bonds is 11. The molecule has 3 amide bonds. The lowest BCUT2D eigenvalue weighted by molar-refractivity contribution is -0.116. The number of thioether (sulfide) groups is 1. The molecule has 264 valence electrons. The second-order valence-electron chi connectivity index (χ2n) is 14.0. The van der Waals surface area contributed by atoms with Gasteiger partial charge in [0.1, 0.15) is 16.8 Å². The summed E-state index contributed by atoms with van der Waals surface area (Å²) >= 11 is 2.94. The highest BCUT2D eigenvalue weighted by Crippen LogP contribution is 2.44. The molecule has 2 unspecified atom stereocenters. The summed E-state index contributed by atoms with van der Waals surface area (Å²) in [6, 6.07) is 26.1. The summed E-state index contributed by atoms with van der Waals surface area (Å²) in [7, 11) is 3.90. The van der Waals surface area contributed by atoms with Crippen molar-refractivity contribution in [3.63, 3.8) is 0 Å². The quantitative estimate of drug-likeness (QED) is 0.106. The molecule has 1 heterocycles. The monoisotopic (exact) mass is 719 g/mol. The number of thiophene rings is 1. The highest BCUT2D eigenvalue weighted by atomic mass is 32.2. The second-order valence-corrected chi connectivity index (χ2v) is 16.4. The molecular weight excluding hydrogens is 675 g/mol. The van der Waals surface area contributed by atoms with Crippen molar-refractivity contribution in [2.75, 3.05) is 29.6 Å². The number of nitrogens with one attached hydrogen (secondary N) is 3. The summed E-state index contributed by atoms with van der Waals surface area (Å²) in [5.74, 6) is -0.509. The molecular formula is C41H45N5O3S2. The fraction of sp³-hybridized carbons (Fsp3) is 0.317. The van der Waals surface area contributed by atoms with Gasteiger partial charge in [0.15, 0.2) is 0 Å². The minimum absolute atomic E-state index is 0.0890. The second kappa shape index (κ2) is 16.4. The molecule has 4 aromatic rings. The van der Waals surface area contributed by atoms with E-state index in [1.165, 1.54) is 28.0 Å². The molecule has 0 aliphatic heterocycles. The molecule has 3 N–H and O–H groups in total. The largest absolute Gasteiger partial charge is 0.378 e. The Balaban J connectivity index is 1.30. The third kappa shape index (κ3) is 9.48. The van der Waals surface area contributed by atoms with Crippen LogP contribution in [0.5, 0.6) is 0 Å². The first kappa shape index (κ1) is 37.4. The smallest absolute Gasteiger partial charge is 0.272 e. The molecule has 3 aromatic carbocycles. The zero-order chi connectivity index (χ0) is 36.7. The van der Waals surface area contributed by atoms with Crippen LogP contribution in [0.4, 0.5) is 16.4 Å². The van der Waals surface area contributed by atoms with Crippen LogP contribution in [0.15, 0.2) is 89.5 Å². The molecule has 0 spiro atoms. The van der Waals surface area contributed by atoms with Crippen LogP contribution in [0.25, 0.3) is 6.08 Å². The molecule has 2 atom stereocenters. The molecule has 0 bridgehead atoms. The minimum Gasteiger partial charge on any atom is -0.378 e. The Morgan fingerprint density at radius 3 is 2.39 bits per heavy atom. The van der Waals surface area contributed by atoms with Crippen LogP contribution in [0.2, 0.25) is 0 Å². The van der Waals surface area contributed by atoms with Crippen LogP contribution in [0, 0.1) is 22.7 Å². The lowest BCUT2D eigenvalue weighted by Gasteiger charge is -2.33. The standard InChI is InChI=1S/C41H45N5O3S2/c1-7-35(39(49)45-40-33(25-42)32-21-18-28(41(2,3)4)23-36(32)51-40)50-31-15-11-14-29(24-31)43-38(48)34(44-37(47)27-12-9-8-10-13-27)22-26-16-19-30(20-17-26)46(5)6/h8-17,19-20,22,24,28,35H,7,18,21,23H2,1-6H3,(H,43,48)(H,44,47)(H,45,49)/b34-22+. The van der Waals surface area contributed by atoms with E-state index in [0.29, 0.717) is 34.2 Å². The van der Waals surface area contributed by atoms with Crippen LogP contribution in [-0.2, 0) is 22.4 Å². The molecule has 5 rings (SSSR count). The summed E-state index contributed by atoms with van der Waals surface area (Å²) in [4.78, 5) is 44.4. The summed E-state index contributed by atoms with van der Waals surface area (Å²) < 4.78 is 0. The minimum atomic E-state index is -0.484. The summed E-state index contributed by atoms with van der Waals surface area (Å²) in [5, 5.41) is 19.0. The Labute approximate surface area is 309 Å². The van der Waals surface area contributed by atoms with E-state index in [-0.39, 0.29) is 17.0 Å². The van der Waals surface area contributed by atoms with Gasteiger partial charge in [0.05, 0.1) is 10.8 Å². The van der Waals surface area contributed by atoms with Crippen molar-refractivity contribution in [1.82, 2.24) is 5.32 Å². The van der Waals surface area contributed by atoms with Gasteiger partial charge in [-0.2, -0.15) is 5.26 Å². The van der Waals surface area contributed by atoms with Crippen molar-refractivity contribution in [3.8, 4) is 6.07 Å². The normalized spacial score (nSPS) is 14.8. The predicted octanol–water partition coefficient (Wildman–Crippen LogP) is 8.76. The van der Waals surface area contributed by atoms with E-state index in [2.05, 4.69) is 42.8 Å². The van der Waals surface area contributed by atoms with Crippen molar-refractivity contribution >= 4 is 63.3 Å². The van der Waals surface area contributed by atoms with E-state index in [0.717, 1.165) is 41.0 Å². The van der Waals surface area contributed by atoms with E-state index in [1.54, 1.807) is 36.4 Å². The number of anilines is 3. The highest BCUT2D eigenvalue weighted by Gasteiger charge is 2.33. The molecule has 8 nitrogen and oxygen atoms in total. The third-order valence-electron chi connectivity index (χ3n) is 9.12. The lowest BCUT2D eigenvalue weighted by Crippen LogP contribution is -2.30. The first-order valence-electron chi connectivity index (χ1n) is 17.1. The average Bonchev–Trinajstić information content (AvgIpc) is 3.46. The third-order valence-corrected chi connectivity index (χ3v) is 11.6. The van der Waals surface area contributed by atoms with Gasteiger partial charge in [-0.3, -0.25) is 14.4 Å². The number of benzene rings is 3. The molecule has 0 radical (unpaired) electrons. The van der Waals surface area contributed by atoms with Crippen LogP contribution < -0.4 is 20.9 Å². The number of carbonyl (C=O) groups is 3. The predicted molar refractivity (Wildman–Crippen MR) is 210 cm³/mol. The number of hydrogen-bond acceptors (Lipinski definition) is 7. The van der Waals surface area contributed by atoms with Crippen LogP contribution in [-0.4, -0.2) is 37.1 Å². The van der Waals surface area contributed by atoms with E-state index in [4.69, 9.17) is 0 Å². The van der Waals surface area contributed by atoms with E-state index >= 15 is 0 Å². The Morgan fingerprint density at radius 1 is 1.02 bits per heavy atom. The van der Waals surface area contributed by atoms with Crippen molar-refractivity contribution < 1.29 is 14.4 Å². The molecule has 51 heavy (non-hydrogen) atoms. The molecule has 0 saturated heterocycles. The Kier molecular flexibility index (Phi) is 12.1. The number of fused-ring (bicyclic) bond motifs is 1. The topological polar surface area (TPSA) is 114 Å². The summed E-state index contributed by atoms with van der Waals surface area (Å²) in [6.45, 7) is 8.74. The van der Waals surface area contributed by atoms with Gasteiger partial charge in [0.2, 0.25) is 5.91 Å². The van der Waals surface area contributed by atoms with Gasteiger partial charge in [0.25, 0.3) is 11.8 Å². The fourth-order valence-electron chi connectivity index (χ4n) is 6.03. The highest BCUT2D eigenvalue weighted by molar-refractivity contribution is 8.00. The maximum atomic E-state index is 13.7. The van der Waals surface area contributed by atoms with Gasteiger partial charge in [-0.15, -0.1) is 23.1 Å². The maximum absolute atomic E-state index is 13.7. The number of carbonyl (C=O) groups excluding carboxylic acids is 3. The number of hydrogen-bond donors (Lipinski definition) is 3. The SMILES string of the molecule is CCC(Sc1cccc(NC(=O)/C(=C\c2ccc(N(C)C)cc2)NC(=O)c2ccccc2)c1)C(=O)Nc1sc2c(c1C#N)CCC(C(C)(C)C)C2. The molecule has 1 aliphatic rings. The number of amides is 3. The first-order chi connectivity index (χ1) is 24.4. The van der Waals surface area contributed by atoms with Crippen molar-refractivity contribution in [2.45, 2.75) is 63.5 Å². The van der Waals surface area contributed by atoms with Gasteiger partial charge in [-0.1, -0.05) is 64.1 Å². The van der Waals surface area contributed by atoms with Crippen molar-refractivity contribution in [3.05, 3.63) is 112 Å². The van der Waals surface area contributed by atoms with Crippen molar-refractivity contribution in [1.29, 1.82) is 5.26 Å². The van der Waals surface area contributed by atoms with Gasteiger partial charge in [-0.25, -0.2) is 0 Å². The molecule has 1 aromatic heterocycles. The Bertz CT molecular complexity index is 1950. The summed E-state index contributed by atoms with van der Waals surface area (Å²) in [5.41, 5.74) is 4.66. The maximum Gasteiger partial charge on any atom is 0.272 e. The van der Waals surface area contributed by atoms with Gasteiger partial charge < -0.3 is 20.9 Å². The lowest BCUT2D eigenvalue weighted by atomic mass is 9.72. The van der Waals surface area contributed by atoms with Gasteiger partial charge in [-0.05, 0) is 96.7 Å². The van der Waals surface area contributed by atoms with Crippen LogP contribution >= 0.6 is 23.1 Å². The first-order valence-corrected chi connectivity index (χ1v) is 18.8. The zero-order valence-corrected chi connectivity index (χ0v) is 31.6. The summed E-state index contributed by atoms with van der Waals surface area (Å²) in [6.07, 6.45) is 5.03. The number of nitrogens with zero attached hydrogens (tertiary/aromatic N) is 2. The molecule has 10 heteroatoms. The fourth-order valence-corrected chi connectivity index (χ4v) is 8.33. The molecule has 0 fully saturated rings.